The number of rotatable bonds is 2. The minimum atomic E-state index is 1.08. The molecule has 3 aromatic rings. The Morgan fingerprint density at radius 3 is 2.50 bits per heavy atom. The number of aromatic nitrogens is 2. The lowest BCUT2D eigenvalue weighted by Gasteiger charge is -2.07. The van der Waals surface area contributed by atoms with Crippen LogP contribution in [0.1, 0.15) is 5.56 Å². The molecule has 0 bridgehead atoms. The topological polar surface area (TPSA) is 29.9 Å². The van der Waals surface area contributed by atoms with Crippen LogP contribution in [-0.4, -0.2) is 9.78 Å². The molecule has 0 saturated carbocycles. The zero-order valence-electron chi connectivity index (χ0n) is 10.5. The number of nitrogens with one attached hydrogen (secondary N) is 1. The van der Waals surface area contributed by atoms with Gasteiger partial charge in [-0.05, 0) is 37.3 Å². The van der Waals surface area contributed by atoms with Crippen LogP contribution in [0.25, 0.3) is 10.9 Å². The van der Waals surface area contributed by atoms with Gasteiger partial charge in [-0.15, -0.1) is 0 Å². The predicted molar refractivity (Wildman–Crippen MR) is 75.2 cm³/mol. The van der Waals surface area contributed by atoms with E-state index < -0.39 is 0 Å². The fraction of sp³-hybridized carbons (Fsp3) is 0.133. The normalized spacial score (nSPS) is 10.8. The first-order valence-electron chi connectivity index (χ1n) is 5.98. The minimum Gasteiger partial charge on any atom is -0.355 e. The number of anilines is 2. The number of hydrogen-bond acceptors (Lipinski definition) is 2. The van der Waals surface area contributed by atoms with Crippen molar-refractivity contribution in [1.29, 1.82) is 0 Å². The summed E-state index contributed by atoms with van der Waals surface area (Å²) in [6, 6.07) is 14.6. The van der Waals surface area contributed by atoms with Gasteiger partial charge in [0.1, 0.15) is 0 Å². The van der Waals surface area contributed by atoms with E-state index in [9.17, 15) is 0 Å². The van der Waals surface area contributed by atoms with Gasteiger partial charge >= 0.3 is 0 Å². The van der Waals surface area contributed by atoms with Crippen molar-refractivity contribution in [2.24, 2.45) is 7.05 Å². The summed E-state index contributed by atoms with van der Waals surface area (Å²) in [6.45, 7) is 2.09. The number of fused-ring (bicyclic) bond motifs is 1. The number of nitrogens with zero attached hydrogens (tertiary/aromatic N) is 2. The molecule has 2 aromatic carbocycles. The van der Waals surface area contributed by atoms with Crippen molar-refractivity contribution in [1.82, 2.24) is 9.78 Å². The minimum absolute atomic E-state index is 1.08. The molecule has 90 valence electrons. The molecule has 0 aliphatic carbocycles. The quantitative estimate of drug-likeness (QED) is 0.737. The van der Waals surface area contributed by atoms with Crippen molar-refractivity contribution < 1.29 is 0 Å². The van der Waals surface area contributed by atoms with E-state index >= 15 is 0 Å². The average molecular weight is 237 g/mol. The van der Waals surface area contributed by atoms with E-state index in [2.05, 4.69) is 59.8 Å². The zero-order valence-corrected chi connectivity index (χ0v) is 10.5. The van der Waals surface area contributed by atoms with Gasteiger partial charge in [-0.2, -0.15) is 5.10 Å². The van der Waals surface area contributed by atoms with Crippen molar-refractivity contribution in [2.75, 3.05) is 5.32 Å². The lowest BCUT2D eigenvalue weighted by atomic mass is 10.2. The fourth-order valence-corrected chi connectivity index (χ4v) is 2.03. The molecule has 3 rings (SSSR count). The van der Waals surface area contributed by atoms with Crippen LogP contribution in [0.3, 0.4) is 0 Å². The van der Waals surface area contributed by atoms with Gasteiger partial charge in [0.25, 0.3) is 0 Å². The van der Waals surface area contributed by atoms with Crippen LogP contribution in [0.2, 0.25) is 0 Å². The Kier molecular flexibility index (Phi) is 2.52. The molecular formula is C15H15N3. The molecule has 3 heteroatoms. The highest BCUT2D eigenvalue weighted by atomic mass is 15.2. The summed E-state index contributed by atoms with van der Waals surface area (Å²) in [4.78, 5) is 0. The van der Waals surface area contributed by atoms with Crippen LogP contribution in [-0.2, 0) is 7.05 Å². The van der Waals surface area contributed by atoms with Crippen LogP contribution >= 0.6 is 0 Å². The van der Waals surface area contributed by atoms with Gasteiger partial charge in [0.2, 0.25) is 0 Å². The van der Waals surface area contributed by atoms with Gasteiger partial charge in [-0.25, -0.2) is 0 Å². The average Bonchev–Trinajstić information content (AvgIpc) is 2.74. The highest BCUT2D eigenvalue weighted by Crippen LogP contribution is 2.22. The van der Waals surface area contributed by atoms with Gasteiger partial charge < -0.3 is 5.32 Å². The maximum Gasteiger partial charge on any atom is 0.0699 e. The number of benzene rings is 2. The van der Waals surface area contributed by atoms with Crippen LogP contribution in [0.4, 0.5) is 11.4 Å². The van der Waals surface area contributed by atoms with Gasteiger partial charge in [-0.3, -0.25) is 4.68 Å². The molecule has 0 saturated heterocycles. The number of hydrogen-bond donors (Lipinski definition) is 1. The molecule has 0 unspecified atom stereocenters. The Bertz CT molecular complexity index is 681. The molecule has 18 heavy (non-hydrogen) atoms. The van der Waals surface area contributed by atoms with E-state index in [4.69, 9.17) is 0 Å². The van der Waals surface area contributed by atoms with Crippen molar-refractivity contribution in [3.63, 3.8) is 0 Å². The Morgan fingerprint density at radius 2 is 1.72 bits per heavy atom. The van der Waals surface area contributed by atoms with E-state index in [1.165, 1.54) is 5.56 Å². The Hall–Kier alpha value is -2.29. The van der Waals surface area contributed by atoms with Gasteiger partial charge in [0.15, 0.2) is 0 Å². The highest BCUT2D eigenvalue weighted by Gasteiger charge is 2.01. The first-order valence-corrected chi connectivity index (χ1v) is 5.98. The van der Waals surface area contributed by atoms with Crippen LogP contribution in [0.15, 0.2) is 48.7 Å². The van der Waals surface area contributed by atoms with Gasteiger partial charge in [0, 0.05) is 23.8 Å². The fourth-order valence-electron chi connectivity index (χ4n) is 2.03. The van der Waals surface area contributed by atoms with Crippen LogP contribution in [0.5, 0.6) is 0 Å². The molecule has 0 amide bonds. The third kappa shape index (κ3) is 1.95. The van der Waals surface area contributed by atoms with E-state index in [1.54, 1.807) is 0 Å². The largest absolute Gasteiger partial charge is 0.355 e. The molecule has 1 aromatic heterocycles. The maximum atomic E-state index is 4.24. The first-order chi connectivity index (χ1) is 8.72. The Balaban J connectivity index is 1.94. The predicted octanol–water partition coefficient (Wildman–Crippen LogP) is 3.63. The molecule has 0 aliphatic heterocycles. The summed E-state index contributed by atoms with van der Waals surface area (Å²) in [7, 11) is 1.96. The summed E-state index contributed by atoms with van der Waals surface area (Å²) >= 11 is 0. The van der Waals surface area contributed by atoms with Gasteiger partial charge in [0.05, 0.1) is 11.7 Å². The second kappa shape index (κ2) is 4.18. The van der Waals surface area contributed by atoms with Crippen molar-refractivity contribution in [3.8, 4) is 0 Å². The van der Waals surface area contributed by atoms with Crippen LogP contribution < -0.4 is 5.32 Å². The summed E-state index contributed by atoms with van der Waals surface area (Å²) < 4.78 is 1.88. The van der Waals surface area contributed by atoms with Crippen LogP contribution in [0, 0.1) is 6.92 Å². The molecule has 0 fully saturated rings. The first kappa shape index (κ1) is 10.8. The number of aryl methyl sites for hydroxylation is 2. The SMILES string of the molecule is Cc1ccc(Nc2ccc3cnn(C)c3c2)cc1. The monoisotopic (exact) mass is 237 g/mol. The van der Waals surface area contributed by atoms with Crippen molar-refractivity contribution >= 4 is 22.3 Å². The smallest absolute Gasteiger partial charge is 0.0699 e. The van der Waals surface area contributed by atoms with E-state index in [0.29, 0.717) is 0 Å². The molecule has 0 atom stereocenters. The van der Waals surface area contributed by atoms with Crippen molar-refractivity contribution in [2.45, 2.75) is 6.92 Å². The molecule has 1 N–H and O–H groups in total. The summed E-state index contributed by atoms with van der Waals surface area (Å²) in [6.07, 6.45) is 1.88. The van der Waals surface area contributed by atoms with E-state index in [1.807, 2.05) is 17.9 Å². The van der Waals surface area contributed by atoms with Crippen molar-refractivity contribution in [3.05, 3.63) is 54.2 Å². The molecule has 0 radical (unpaired) electrons. The second-order valence-electron chi connectivity index (χ2n) is 4.53. The zero-order chi connectivity index (χ0) is 12.5. The lowest BCUT2D eigenvalue weighted by molar-refractivity contribution is 0.797. The standard InChI is InChI=1S/C15H15N3/c1-11-3-6-13(7-4-11)17-14-8-5-12-10-16-18(2)15(12)9-14/h3-10,17H,1-2H3. The summed E-state index contributed by atoms with van der Waals surface area (Å²) in [5.41, 5.74) is 4.58. The van der Waals surface area contributed by atoms with E-state index in [0.717, 1.165) is 22.3 Å². The third-order valence-electron chi connectivity index (χ3n) is 3.09. The Morgan fingerprint density at radius 1 is 1.00 bits per heavy atom. The summed E-state index contributed by atoms with van der Waals surface area (Å²) in [5.74, 6) is 0. The molecule has 1 heterocycles. The third-order valence-corrected chi connectivity index (χ3v) is 3.09. The Labute approximate surface area is 106 Å². The lowest BCUT2D eigenvalue weighted by Crippen LogP contribution is -1.92. The van der Waals surface area contributed by atoms with Gasteiger partial charge in [-0.1, -0.05) is 17.7 Å². The summed E-state index contributed by atoms with van der Waals surface area (Å²) in [5, 5.41) is 8.80. The second-order valence-corrected chi connectivity index (χ2v) is 4.53. The van der Waals surface area contributed by atoms with E-state index in [-0.39, 0.29) is 0 Å². The highest BCUT2D eigenvalue weighted by molar-refractivity contribution is 5.83. The molecule has 0 spiro atoms. The molecule has 3 nitrogen and oxygen atoms in total. The molecular weight excluding hydrogens is 222 g/mol. The maximum absolute atomic E-state index is 4.24. The molecule has 0 aliphatic rings.